The zero-order chi connectivity index (χ0) is 17.9. The van der Waals surface area contributed by atoms with Crippen molar-refractivity contribution in [1.82, 2.24) is 4.98 Å². The average Bonchev–Trinajstić information content (AvgIpc) is 3.00. The Hall–Kier alpha value is -1.70. The molecule has 0 spiro atoms. The molecule has 1 heterocycles. The lowest BCUT2D eigenvalue weighted by molar-refractivity contribution is -0.117. The lowest BCUT2D eigenvalue weighted by Crippen LogP contribution is -2.49. The Morgan fingerprint density at radius 3 is 2.77 bits per heavy atom. The number of carbonyl (C=O) groups is 1. The molecule has 0 radical (unpaired) electrons. The van der Waals surface area contributed by atoms with Crippen molar-refractivity contribution in [2.24, 2.45) is 28.6 Å². The first-order valence-corrected chi connectivity index (χ1v) is 10.4. The molecule has 136 valence electrons. The molecule has 0 aromatic carbocycles. The normalized spacial score (nSPS) is 41.6. The summed E-state index contributed by atoms with van der Waals surface area (Å²) in [6.07, 6.45) is 16.5. The number of allylic oxidation sites excluding steroid dienone is 4. The first-order valence-electron chi connectivity index (χ1n) is 10.4. The van der Waals surface area contributed by atoms with E-state index in [1.165, 1.54) is 36.8 Å². The van der Waals surface area contributed by atoms with Gasteiger partial charge in [-0.2, -0.15) is 0 Å². The third kappa shape index (κ3) is 2.17. The molecule has 0 N–H and O–H groups in total. The minimum Gasteiger partial charge on any atom is -0.295 e. The molecular formula is C24H29NO. The van der Waals surface area contributed by atoms with Crippen LogP contribution in [0.3, 0.4) is 0 Å². The van der Waals surface area contributed by atoms with Gasteiger partial charge >= 0.3 is 0 Å². The molecule has 4 aliphatic rings. The minimum atomic E-state index is 0.273. The molecule has 5 atom stereocenters. The van der Waals surface area contributed by atoms with Crippen molar-refractivity contribution in [3.63, 3.8) is 0 Å². The number of pyridine rings is 1. The van der Waals surface area contributed by atoms with Crippen LogP contribution >= 0.6 is 0 Å². The van der Waals surface area contributed by atoms with Gasteiger partial charge < -0.3 is 0 Å². The molecule has 2 heteroatoms. The van der Waals surface area contributed by atoms with Crippen LogP contribution in [-0.2, 0) is 4.79 Å². The fraction of sp³-hybridized carbons (Fsp3) is 0.583. The summed E-state index contributed by atoms with van der Waals surface area (Å²) in [5, 5.41) is 0. The number of ketones is 1. The number of fused-ring (bicyclic) bond motifs is 5. The highest BCUT2D eigenvalue weighted by molar-refractivity contribution is 5.91. The van der Waals surface area contributed by atoms with Crippen LogP contribution in [0.5, 0.6) is 0 Å². The van der Waals surface area contributed by atoms with Crippen LogP contribution in [0.25, 0.3) is 5.57 Å². The Kier molecular flexibility index (Phi) is 3.58. The topological polar surface area (TPSA) is 30.0 Å². The van der Waals surface area contributed by atoms with E-state index in [0.717, 1.165) is 37.0 Å². The number of aromatic nitrogens is 1. The number of hydrogen-bond donors (Lipinski definition) is 0. The lowest BCUT2D eigenvalue weighted by atomic mass is 9.46. The predicted molar refractivity (Wildman–Crippen MR) is 104 cm³/mol. The molecule has 1 aromatic rings. The molecular weight excluding hydrogens is 318 g/mol. The highest BCUT2D eigenvalue weighted by atomic mass is 16.1. The van der Waals surface area contributed by atoms with Crippen molar-refractivity contribution in [2.75, 3.05) is 0 Å². The van der Waals surface area contributed by atoms with Gasteiger partial charge in [0.15, 0.2) is 5.78 Å². The van der Waals surface area contributed by atoms with Gasteiger partial charge in [0, 0.05) is 18.8 Å². The van der Waals surface area contributed by atoms with Crippen LogP contribution in [0.4, 0.5) is 0 Å². The summed E-state index contributed by atoms with van der Waals surface area (Å²) in [7, 11) is 0. The summed E-state index contributed by atoms with van der Waals surface area (Å²) < 4.78 is 0. The van der Waals surface area contributed by atoms with Crippen molar-refractivity contribution in [3.05, 3.63) is 47.8 Å². The highest BCUT2D eigenvalue weighted by Gasteiger charge is 2.57. The number of nitrogens with zero attached hydrogens (tertiary/aromatic N) is 1. The fourth-order valence-corrected chi connectivity index (χ4v) is 7.10. The molecule has 0 unspecified atom stereocenters. The second-order valence-corrected chi connectivity index (χ2v) is 9.52. The van der Waals surface area contributed by atoms with Gasteiger partial charge in [-0.15, -0.1) is 0 Å². The van der Waals surface area contributed by atoms with Gasteiger partial charge in [0.25, 0.3) is 0 Å². The molecule has 2 saturated carbocycles. The molecule has 26 heavy (non-hydrogen) atoms. The summed E-state index contributed by atoms with van der Waals surface area (Å²) in [5.74, 6) is 2.68. The first kappa shape index (κ1) is 16.5. The monoisotopic (exact) mass is 347 g/mol. The highest BCUT2D eigenvalue weighted by Crippen LogP contribution is 2.66. The van der Waals surface area contributed by atoms with Crippen molar-refractivity contribution in [3.8, 4) is 0 Å². The van der Waals surface area contributed by atoms with Crippen LogP contribution in [-0.4, -0.2) is 10.8 Å². The Bertz CT molecular complexity index is 807. The molecule has 4 aliphatic carbocycles. The maximum absolute atomic E-state index is 12.0. The van der Waals surface area contributed by atoms with Crippen molar-refractivity contribution >= 4 is 11.4 Å². The van der Waals surface area contributed by atoms with Gasteiger partial charge in [0.2, 0.25) is 0 Å². The Labute approximate surface area is 156 Å². The van der Waals surface area contributed by atoms with Gasteiger partial charge in [-0.1, -0.05) is 31.6 Å². The molecule has 5 rings (SSSR count). The van der Waals surface area contributed by atoms with E-state index in [1.54, 1.807) is 5.57 Å². The summed E-state index contributed by atoms with van der Waals surface area (Å²) in [4.78, 5) is 16.3. The van der Waals surface area contributed by atoms with E-state index < -0.39 is 0 Å². The Balaban J connectivity index is 1.48. The van der Waals surface area contributed by atoms with Gasteiger partial charge in [-0.05, 0) is 90.4 Å². The van der Waals surface area contributed by atoms with E-state index >= 15 is 0 Å². The summed E-state index contributed by atoms with van der Waals surface area (Å²) in [5.41, 5.74) is 4.90. The zero-order valence-corrected chi connectivity index (χ0v) is 16.0. The molecule has 0 saturated heterocycles. The number of rotatable bonds is 1. The third-order valence-electron chi connectivity index (χ3n) is 8.52. The Morgan fingerprint density at radius 1 is 1.08 bits per heavy atom. The molecule has 2 fully saturated rings. The second kappa shape index (κ2) is 5.65. The molecule has 1 aromatic heterocycles. The first-order chi connectivity index (χ1) is 12.5. The smallest absolute Gasteiger partial charge is 0.155 e. The number of hydrogen-bond acceptors (Lipinski definition) is 2. The molecule has 2 nitrogen and oxygen atoms in total. The van der Waals surface area contributed by atoms with Gasteiger partial charge in [-0.3, -0.25) is 9.78 Å². The van der Waals surface area contributed by atoms with Crippen molar-refractivity contribution in [2.45, 2.75) is 58.8 Å². The predicted octanol–water partition coefficient (Wildman–Crippen LogP) is 5.61. The minimum absolute atomic E-state index is 0.273. The van der Waals surface area contributed by atoms with Gasteiger partial charge in [0.05, 0.1) is 0 Å². The van der Waals surface area contributed by atoms with E-state index in [2.05, 4.69) is 37.0 Å². The van der Waals surface area contributed by atoms with E-state index in [0.29, 0.717) is 11.2 Å². The fourth-order valence-electron chi connectivity index (χ4n) is 7.10. The maximum Gasteiger partial charge on any atom is 0.155 e. The van der Waals surface area contributed by atoms with E-state index in [1.807, 2.05) is 18.5 Å². The van der Waals surface area contributed by atoms with Gasteiger partial charge in [-0.25, -0.2) is 0 Å². The van der Waals surface area contributed by atoms with Gasteiger partial charge in [0.1, 0.15) is 0 Å². The second-order valence-electron chi connectivity index (χ2n) is 9.52. The molecule has 0 bridgehead atoms. The van der Waals surface area contributed by atoms with E-state index in [-0.39, 0.29) is 5.41 Å². The van der Waals surface area contributed by atoms with Crippen LogP contribution in [0.15, 0.2) is 42.3 Å². The molecule has 0 aliphatic heterocycles. The van der Waals surface area contributed by atoms with E-state index in [9.17, 15) is 4.79 Å². The van der Waals surface area contributed by atoms with Crippen LogP contribution in [0.2, 0.25) is 0 Å². The third-order valence-corrected chi connectivity index (χ3v) is 8.52. The average molecular weight is 348 g/mol. The zero-order valence-electron chi connectivity index (χ0n) is 16.0. The van der Waals surface area contributed by atoms with Crippen LogP contribution in [0.1, 0.15) is 64.4 Å². The van der Waals surface area contributed by atoms with Crippen LogP contribution in [0, 0.1) is 28.6 Å². The largest absolute Gasteiger partial charge is 0.295 e. The van der Waals surface area contributed by atoms with Crippen LogP contribution < -0.4 is 0 Å². The molecule has 0 amide bonds. The summed E-state index contributed by atoms with van der Waals surface area (Å²) >= 11 is 0. The maximum atomic E-state index is 12.0. The quantitative estimate of drug-likeness (QED) is 0.661. The lowest BCUT2D eigenvalue weighted by Gasteiger charge is -2.57. The summed E-state index contributed by atoms with van der Waals surface area (Å²) in [6.45, 7) is 4.98. The number of carbonyl (C=O) groups excluding carboxylic acids is 1. The van der Waals surface area contributed by atoms with Crippen molar-refractivity contribution < 1.29 is 4.79 Å². The van der Waals surface area contributed by atoms with E-state index in [4.69, 9.17) is 0 Å². The standard InChI is InChI=1S/C24H29NO/c1-23-11-9-18(26)14-17(23)5-6-19-21-8-7-20(16-4-3-13-25-15-16)24(21,2)12-10-22(19)23/h3-4,7,13-15,19,21-22H,5-6,8-12H2,1-2H3/t19-,21+,22+,23+,24-/m1/s1. The SMILES string of the molecule is C[C@]12CCC(=O)C=C1CC[C@H]1[C@@H]2CC[C@]2(C)C(c3cccnc3)=CC[C@@H]12. The Morgan fingerprint density at radius 2 is 1.96 bits per heavy atom. The summed E-state index contributed by atoms with van der Waals surface area (Å²) in [6, 6.07) is 4.30. The van der Waals surface area contributed by atoms with Crippen molar-refractivity contribution in [1.29, 1.82) is 0 Å².